The van der Waals surface area contributed by atoms with Gasteiger partial charge in [-0.3, -0.25) is 13.9 Å². The van der Waals surface area contributed by atoms with Crippen molar-refractivity contribution in [3.05, 3.63) is 93.4 Å². The van der Waals surface area contributed by atoms with E-state index in [-0.39, 0.29) is 17.1 Å². The van der Waals surface area contributed by atoms with E-state index in [1.165, 1.54) is 29.2 Å². The number of carbonyl (C=O) groups is 2. The summed E-state index contributed by atoms with van der Waals surface area (Å²) < 4.78 is 28.5. The zero-order valence-electron chi connectivity index (χ0n) is 22.0. The highest BCUT2D eigenvalue weighted by Gasteiger charge is 2.33. The number of rotatable bonds is 9. The van der Waals surface area contributed by atoms with E-state index in [1.807, 2.05) is 20.8 Å². The molecule has 0 bridgehead atoms. The van der Waals surface area contributed by atoms with Gasteiger partial charge in [-0.2, -0.15) is 0 Å². The number of amides is 2. The van der Waals surface area contributed by atoms with E-state index < -0.39 is 40.0 Å². The molecule has 11 heteroatoms. The maximum absolute atomic E-state index is 13.9. The summed E-state index contributed by atoms with van der Waals surface area (Å²) in [6.45, 7) is 6.45. The third-order valence-corrected chi connectivity index (χ3v) is 8.37. The van der Waals surface area contributed by atoms with Gasteiger partial charge in [0.15, 0.2) is 0 Å². The SMILES string of the molecule is C[C@@H](C(=O)NC(C)(C)C)N(Cc1ccc(Cl)cc1Cl)C(=O)CN(c1ccc(Cl)cc1)S(=O)(=O)c1ccccc1. The zero-order valence-corrected chi connectivity index (χ0v) is 25.1. The van der Waals surface area contributed by atoms with Crippen LogP contribution in [0.5, 0.6) is 0 Å². The number of halogens is 3. The molecule has 0 fully saturated rings. The summed E-state index contributed by atoms with van der Waals surface area (Å²) >= 11 is 18.5. The van der Waals surface area contributed by atoms with Crippen molar-refractivity contribution in [3.8, 4) is 0 Å². The predicted molar refractivity (Wildman–Crippen MR) is 157 cm³/mol. The van der Waals surface area contributed by atoms with Crippen molar-refractivity contribution < 1.29 is 18.0 Å². The molecule has 0 aliphatic carbocycles. The molecule has 3 aromatic carbocycles. The molecular formula is C28H30Cl3N3O4S. The fraction of sp³-hybridized carbons (Fsp3) is 0.286. The van der Waals surface area contributed by atoms with Crippen LogP contribution in [0.15, 0.2) is 77.7 Å². The van der Waals surface area contributed by atoms with E-state index in [0.29, 0.717) is 20.6 Å². The van der Waals surface area contributed by atoms with Crippen LogP contribution in [0.4, 0.5) is 5.69 Å². The Morgan fingerprint density at radius 3 is 2.05 bits per heavy atom. The van der Waals surface area contributed by atoms with Gasteiger partial charge in [-0.1, -0.05) is 59.1 Å². The maximum atomic E-state index is 13.9. The lowest BCUT2D eigenvalue weighted by atomic mass is 10.1. The number of carbonyl (C=O) groups excluding carboxylic acids is 2. The predicted octanol–water partition coefficient (Wildman–Crippen LogP) is 6.17. The van der Waals surface area contributed by atoms with E-state index in [2.05, 4.69) is 5.32 Å². The summed E-state index contributed by atoms with van der Waals surface area (Å²) in [7, 11) is -4.16. The Balaban J connectivity index is 2.04. The minimum absolute atomic E-state index is 0.0126. The van der Waals surface area contributed by atoms with Crippen molar-refractivity contribution in [1.29, 1.82) is 0 Å². The van der Waals surface area contributed by atoms with Crippen molar-refractivity contribution in [1.82, 2.24) is 10.2 Å². The maximum Gasteiger partial charge on any atom is 0.264 e. The zero-order chi connectivity index (χ0) is 29.0. The van der Waals surface area contributed by atoms with Crippen LogP contribution in [0.2, 0.25) is 15.1 Å². The Morgan fingerprint density at radius 2 is 1.49 bits per heavy atom. The first kappa shape index (κ1) is 30.8. The lowest BCUT2D eigenvalue weighted by Gasteiger charge is -2.33. The van der Waals surface area contributed by atoms with Crippen molar-refractivity contribution in [2.24, 2.45) is 0 Å². The largest absolute Gasteiger partial charge is 0.350 e. The number of nitrogens with one attached hydrogen (secondary N) is 1. The first-order valence-electron chi connectivity index (χ1n) is 12.1. The van der Waals surface area contributed by atoms with E-state index in [9.17, 15) is 18.0 Å². The number of nitrogens with zero attached hydrogens (tertiary/aromatic N) is 2. The lowest BCUT2D eigenvalue weighted by molar-refractivity contribution is -0.140. The number of hydrogen-bond donors (Lipinski definition) is 1. The van der Waals surface area contributed by atoms with Crippen molar-refractivity contribution >= 4 is 62.3 Å². The quantitative estimate of drug-likeness (QED) is 0.314. The highest BCUT2D eigenvalue weighted by atomic mass is 35.5. The summed E-state index contributed by atoms with van der Waals surface area (Å²) in [5, 5.41) is 4.02. The lowest BCUT2D eigenvalue weighted by Crippen LogP contribution is -2.54. The van der Waals surface area contributed by atoms with Gasteiger partial charge in [-0.05, 0) is 81.8 Å². The van der Waals surface area contributed by atoms with Crippen LogP contribution in [0.25, 0.3) is 0 Å². The Morgan fingerprint density at radius 1 is 0.897 bits per heavy atom. The highest BCUT2D eigenvalue weighted by molar-refractivity contribution is 7.92. The van der Waals surface area contributed by atoms with E-state index in [0.717, 1.165) is 4.31 Å². The van der Waals surface area contributed by atoms with E-state index in [4.69, 9.17) is 34.8 Å². The van der Waals surface area contributed by atoms with Crippen LogP contribution in [-0.2, 0) is 26.2 Å². The van der Waals surface area contributed by atoms with Crippen molar-refractivity contribution in [2.75, 3.05) is 10.8 Å². The second-order valence-corrected chi connectivity index (χ2v) is 13.1. The molecule has 0 unspecified atom stereocenters. The Bertz CT molecular complexity index is 1430. The molecule has 0 aliphatic heterocycles. The molecule has 3 aromatic rings. The fourth-order valence-electron chi connectivity index (χ4n) is 3.75. The molecule has 0 aromatic heterocycles. The van der Waals surface area contributed by atoms with Crippen LogP contribution in [-0.4, -0.2) is 43.3 Å². The molecule has 0 radical (unpaired) electrons. The summed E-state index contributed by atoms with van der Waals surface area (Å²) in [6.07, 6.45) is 0. The molecule has 39 heavy (non-hydrogen) atoms. The standard InChI is InChI=1S/C28H30Cl3N3O4S/c1-19(27(36)32-28(2,3)4)33(17-20-10-11-22(30)16-25(20)31)26(35)18-34(23-14-12-21(29)13-15-23)39(37,38)24-8-6-5-7-9-24/h5-16,19H,17-18H2,1-4H3,(H,32,36)/t19-/m0/s1. The third kappa shape index (κ3) is 8.11. The average molecular weight is 611 g/mol. The summed E-state index contributed by atoms with van der Waals surface area (Å²) in [4.78, 5) is 28.4. The molecule has 1 N–H and O–H groups in total. The minimum Gasteiger partial charge on any atom is -0.350 e. The van der Waals surface area contributed by atoms with Crippen LogP contribution in [0.1, 0.15) is 33.3 Å². The van der Waals surface area contributed by atoms with Crippen molar-refractivity contribution in [2.45, 2.75) is 50.7 Å². The minimum atomic E-state index is -4.16. The number of anilines is 1. The molecule has 0 saturated heterocycles. The van der Waals surface area contributed by atoms with Gasteiger partial charge >= 0.3 is 0 Å². The monoisotopic (exact) mass is 609 g/mol. The molecule has 1 atom stereocenters. The number of hydrogen-bond acceptors (Lipinski definition) is 4. The van der Waals surface area contributed by atoms with Crippen LogP contribution >= 0.6 is 34.8 Å². The van der Waals surface area contributed by atoms with Gasteiger partial charge in [0.25, 0.3) is 10.0 Å². The second kappa shape index (κ2) is 12.6. The van der Waals surface area contributed by atoms with Crippen LogP contribution < -0.4 is 9.62 Å². The van der Waals surface area contributed by atoms with Gasteiger partial charge in [-0.15, -0.1) is 0 Å². The Hall–Kier alpha value is -2.78. The first-order valence-corrected chi connectivity index (χ1v) is 14.7. The van der Waals surface area contributed by atoms with Gasteiger partial charge in [-0.25, -0.2) is 8.42 Å². The molecule has 3 rings (SSSR count). The first-order chi connectivity index (χ1) is 18.2. The van der Waals surface area contributed by atoms with Gasteiger partial charge in [0, 0.05) is 27.2 Å². The van der Waals surface area contributed by atoms with Gasteiger partial charge in [0.1, 0.15) is 12.6 Å². The molecule has 0 saturated carbocycles. The molecule has 2 amide bonds. The average Bonchev–Trinajstić information content (AvgIpc) is 2.86. The van der Waals surface area contributed by atoms with Crippen LogP contribution in [0, 0.1) is 0 Å². The third-order valence-electron chi connectivity index (χ3n) is 5.75. The summed E-state index contributed by atoms with van der Waals surface area (Å²) in [5.74, 6) is -1.00. The molecule has 7 nitrogen and oxygen atoms in total. The smallest absolute Gasteiger partial charge is 0.264 e. The summed E-state index contributed by atoms with van der Waals surface area (Å²) in [6, 6.07) is 17.8. The molecular weight excluding hydrogens is 581 g/mol. The molecule has 0 spiro atoms. The number of benzene rings is 3. The topological polar surface area (TPSA) is 86.8 Å². The molecule has 0 heterocycles. The van der Waals surface area contributed by atoms with E-state index >= 15 is 0 Å². The van der Waals surface area contributed by atoms with Crippen LogP contribution in [0.3, 0.4) is 0 Å². The van der Waals surface area contributed by atoms with Gasteiger partial charge < -0.3 is 10.2 Å². The Kier molecular flexibility index (Phi) is 9.93. The number of sulfonamides is 1. The molecule has 208 valence electrons. The van der Waals surface area contributed by atoms with Gasteiger partial charge in [0.05, 0.1) is 10.6 Å². The highest BCUT2D eigenvalue weighted by Crippen LogP contribution is 2.27. The fourth-order valence-corrected chi connectivity index (χ4v) is 5.78. The molecule has 0 aliphatic rings. The summed E-state index contributed by atoms with van der Waals surface area (Å²) in [5.41, 5.74) is 0.242. The van der Waals surface area contributed by atoms with Gasteiger partial charge in [0.2, 0.25) is 11.8 Å². The second-order valence-electron chi connectivity index (χ2n) is 9.97. The normalized spacial score (nSPS) is 12.5. The van der Waals surface area contributed by atoms with E-state index in [1.54, 1.807) is 55.5 Å². The van der Waals surface area contributed by atoms with Crippen molar-refractivity contribution in [3.63, 3.8) is 0 Å². The Labute approximate surface area is 244 Å².